The summed E-state index contributed by atoms with van der Waals surface area (Å²) in [5.41, 5.74) is 2.48. The zero-order valence-electron chi connectivity index (χ0n) is 13.0. The Hall–Kier alpha value is -2.60. The predicted octanol–water partition coefficient (Wildman–Crippen LogP) is 4.55. The summed E-state index contributed by atoms with van der Waals surface area (Å²) in [6.07, 6.45) is 6.55. The summed E-state index contributed by atoms with van der Waals surface area (Å²) in [6, 6.07) is 13.6. The van der Waals surface area contributed by atoms with Crippen molar-refractivity contribution < 1.29 is 4.74 Å². The molecule has 1 aromatic heterocycles. The minimum atomic E-state index is 0.569. The van der Waals surface area contributed by atoms with Gasteiger partial charge in [0.1, 0.15) is 11.8 Å². The largest absolute Gasteiger partial charge is 0.494 e. The van der Waals surface area contributed by atoms with Gasteiger partial charge in [-0.05, 0) is 48.2 Å². The number of hydrogen-bond donors (Lipinski definition) is 0. The Morgan fingerprint density at radius 3 is 2.50 bits per heavy atom. The number of nitrogens with zero attached hydrogens (tertiary/aromatic N) is 2. The smallest absolute Gasteiger partial charge is 0.119 e. The number of benzene rings is 1. The first-order valence-electron chi connectivity index (χ1n) is 7.44. The van der Waals surface area contributed by atoms with Crippen LogP contribution in [0.2, 0.25) is 0 Å². The van der Waals surface area contributed by atoms with Crippen molar-refractivity contribution >= 4 is 12.2 Å². The molecule has 3 nitrogen and oxygen atoms in total. The van der Waals surface area contributed by atoms with Crippen LogP contribution in [0, 0.1) is 17.2 Å². The molecule has 1 heterocycles. The summed E-state index contributed by atoms with van der Waals surface area (Å²) in [5, 5.41) is 8.73. The van der Waals surface area contributed by atoms with Crippen molar-refractivity contribution in [3.63, 3.8) is 0 Å². The molecule has 0 unspecified atom stereocenters. The quantitative estimate of drug-likeness (QED) is 0.784. The first-order valence-corrected chi connectivity index (χ1v) is 7.44. The maximum Gasteiger partial charge on any atom is 0.119 e. The first-order chi connectivity index (χ1) is 10.7. The van der Waals surface area contributed by atoms with E-state index in [9.17, 15) is 0 Å². The summed E-state index contributed by atoms with van der Waals surface area (Å²) in [6.45, 7) is 5.13. The number of rotatable bonds is 6. The molecule has 112 valence electrons. The lowest BCUT2D eigenvalue weighted by Crippen LogP contribution is -2.01. The minimum Gasteiger partial charge on any atom is -0.494 e. The van der Waals surface area contributed by atoms with E-state index in [1.807, 2.05) is 42.5 Å². The topological polar surface area (TPSA) is 45.9 Å². The second-order valence-electron chi connectivity index (χ2n) is 5.52. The van der Waals surface area contributed by atoms with E-state index in [4.69, 9.17) is 10.00 Å². The highest BCUT2D eigenvalue weighted by molar-refractivity contribution is 5.68. The van der Waals surface area contributed by atoms with E-state index in [-0.39, 0.29) is 0 Å². The van der Waals surface area contributed by atoms with E-state index in [0.29, 0.717) is 11.5 Å². The van der Waals surface area contributed by atoms with Crippen LogP contribution in [-0.2, 0) is 0 Å². The highest BCUT2D eigenvalue weighted by Crippen LogP contribution is 2.15. The number of pyridine rings is 1. The molecule has 22 heavy (non-hydrogen) atoms. The van der Waals surface area contributed by atoms with Crippen LogP contribution in [-0.4, -0.2) is 11.6 Å². The maximum absolute atomic E-state index is 8.73. The Morgan fingerprint density at radius 1 is 1.14 bits per heavy atom. The van der Waals surface area contributed by atoms with E-state index in [2.05, 4.69) is 24.9 Å². The fourth-order valence-electron chi connectivity index (χ4n) is 1.84. The monoisotopic (exact) mass is 292 g/mol. The molecule has 0 amide bonds. The van der Waals surface area contributed by atoms with Gasteiger partial charge in [0.2, 0.25) is 0 Å². The lowest BCUT2D eigenvalue weighted by atomic mass is 10.1. The standard InChI is InChI=1S/C19H20N2O/c1-15(2)11-12-22-19-9-5-16(6-10-19)3-7-18-8-4-17(13-20)14-21-18/h3-10,14-15H,11-12H2,1-2H3/b7-3+. The molecule has 3 heteroatoms. The highest BCUT2D eigenvalue weighted by Gasteiger charge is 1.97. The molecule has 0 N–H and O–H groups in total. The number of hydrogen-bond acceptors (Lipinski definition) is 3. The molecule has 0 saturated carbocycles. The third-order valence-electron chi connectivity index (χ3n) is 3.21. The summed E-state index contributed by atoms with van der Waals surface area (Å²) in [7, 11) is 0. The molecule has 0 saturated heterocycles. The Kier molecular flexibility index (Phi) is 5.73. The van der Waals surface area contributed by atoms with Crippen molar-refractivity contribution in [2.45, 2.75) is 20.3 Å². The Morgan fingerprint density at radius 2 is 1.91 bits per heavy atom. The van der Waals surface area contributed by atoms with Gasteiger partial charge >= 0.3 is 0 Å². The normalized spacial score (nSPS) is 10.8. The molecule has 0 aliphatic rings. The van der Waals surface area contributed by atoms with Gasteiger partial charge < -0.3 is 4.74 Å². The molecule has 0 fully saturated rings. The summed E-state index contributed by atoms with van der Waals surface area (Å²) in [4.78, 5) is 4.21. The molecule has 2 rings (SSSR count). The molecule has 1 aromatic carbocycles. The third-order valence-corrected chi connectivity index (χ3v) is 3.21. The zero-order valence-corrected chi connectivity index (χ0v) is 13.0. The average Bonchev–Trinajstić information content (AvgIpc) is 2.54. The molecular formula is C19H20N2O. The van der Waals surface area contributed by atoms with Crippen LogP contribution >= 0.6 is 0 Å². The number of nitriles is 1. The van der Waals surface area contributed by atoms with E-state index < -0.39 is 0 Å². The molecular weight excluding hydrogens is 272 g/mol. The molecule has 0 bridgehead atoms. The van der Waals surface area contributed by atoms with Gasteiger partial charge in [0.15, 0.2) is 0 Å². The van der Waals surface area contributed by atoms with Gasteiger partial charge in [0.05, 0.1) is 17.9 Å². The Balaban J connectivity index is 1.92. The van der Waals surface area contributed by atoms with E-state index in [0.717, 1.165) is 30.0 Å². The minimum absolute atomic E-state index is 0.569. The highest BCUT2D eigenvalue weighted by atomic mass is 16.5. The van der Waals surface area contributed by atoms with Gasteiger partial charge in [-0.1, -0.05) is 32.1 Å². The lowest BCUT2D eigenvalue weighted by Gasteiger charge is -2.08. The van der Waals surface area contributed by atoms with Crippen LogP contribution in [0.25, 0.3) is 12.2 Å². The summed E-state index contributed by atoms with van der Waals surface area (Å²) < 4.78 is 5.69. The first kappa shape index (κ1) is 15.8. The third kappa shape index (κ3) is 5.06. The lowest BCUT2D eigenvalue weighted by molar-refractivity contribution is 0.289. The van der Waals surface area contributed by atoms with Crippen LogP contribution in [0.5, 0.6) is 5.75 Å². The summed E-state index contributed by atoms with van der Waals surface area (Å²) >= 11 is 0. The van der Waals surface area contributed by atoms with Crippen LogP contribution in [0.3, 0.4) is 0 Å². The van der Waals surface area contributed by atoms with Crippen molar-refractivity contribution in [2.75, 3.05) is 6.61 Å². The number of aromatic nitrogens is 1. The van der Waals surface area contributed by atoms with E-state index >= 15 is 0 Å². The molecule has 0 aliphatic heterocycles. The van der Waals surface area contributed by atoms with Crippen molar-refractivity contribution in [3.05, 3.63) is 59.4 Å². The van der Waals surface area contributed by atoms with Crippen molar-refractivity contribution in [1.29, 1.82) is 5.26 Å². The Labute approximate surface area is 131 Å². The Bertz CT molecular complexity index is 649. The molecule has 2 aromatic rings. The van der Waals surface area contributed by atoms with Crippen molar-refractivity contribution in [3.8, 4) is 11.8 Å². The van der Waals surface area contributed by atoms with Crippen molar-refractivity contribution in [2.24, 2.45) is 5.92 Å². The SMILES string of the molecule is CC(C)CCOc1ccc(/C=C/c2ccc(C#N)cn2)cc1. The van der Waals surface area contributed by atoms with E-state index in [1.54, 1.807) is 12.3 Å². The van der Waals surface area contributed by atoms with Crippen LogP contribution in [0.15, 0.2) is 42.6 Å². The maximum atomic E-state index is 8.73. The second kappa shape index (κ2) is 7.99. The van der Waals surface area contributed by atoms with Crippen LogP contribution < -0.4 is 4.74 Å². The van der Waals surface area contributed by atoms with Crippen LogP contribution in [0.1, 0.15) is 37.1 Å². The zero-order chi connectivity index (χ0) is 15.8. The molecule has 0 aliphatic carbocycles. The predicted molar refractivity (Wildman–Crippen MR) is 89.3 cm³/mol. The second-order valence-corrected chi connectivity index (χ2v) is 5.52. The molecule has 0 radical (unpaired) electrons. The van der Waals surface area contributed by atoms with Gasteiger partial charge in [-0.2, -0.15) is 5.26 Å². The fourth-order valence-corrected chi connectivity index (χ4v) is 1.84. The molecule has 0 atom stereocenters. The van der Waals surface area contributed by atoms with E-state index in [1.165, 1.54) is 0 Å². The summed E-state index contributed by atoms with van der Waals surface area (Å²) in [5.74, 6) is 1.55. The van der Waals surface area contributed by atoms with Gasteiger partial charge in [0.25, 0.3) is 0 Å². The van der Waals surface area contributed by atoms with Gasteiger partial charge in [-0.3, -0.25) is 4.98 Å². The fraction of sp³-hybridized carbons (Fsp3) is 0.263. The van der Waals surface area contributed by atoms with Crippen molar-refractivity contribution in [1.82, 2.24) is 4.98 Å². The van der Waals surface area contributed by atoms with Crippen LogP contribution in [0.4, 0.5) is 0 Å². The average molecular weight is 292 g/mol. The van der Waals surface area contributed by atoms with Gasteiger partial charge in [-0.15, -0.1) is 0 Å². The molecule has 0 spiro atoms. The van der Waals surface area contributed by atoms with Gasteiger partial charge in [-0.25, -0.2) is 0 Å². The number of ether oxygens (including phenoxy) is 1. The van der Waals surface area contributed by atoms with Gasteiger partial charge in [0, 0.05) is 6.20 Å².